The SMILES string of the molecule is Cc1ccc(S(=O)(=O)N2Cc3ccccc3C[C@@H]2C(=O)Nc2cccc3c2CCCC3)cc1. The van der Waals surface area contributed by atoms with Crippen LogP contribution in [0, 0.1) is 6.92 Å². The molecule has 1 heterocycles. The lowest BCUT2D eigenvalue weighted by Gasteiger charge is -2.35. The van der Waals surface area contributed by atoms with Gasteiger partial charge in [0.1, 0.15) is 6.04 Å². The van der Waals surface area contributed by atoms with Crippen LogP contribution in [0.3, 0.4) is 0 Å². The fraction of sp³-hybridized carbons (Fsp3) is 0.296. The van der Waals surface area contributed by atoms with Crippen molar-refractivity contribution in [1.29, 1.82) is 0 Å². The summed E-state index contributed by atoms with van der Waals surface area (Å²) in [5, 5.41) is 3.09. The van der Waals surface area contributed by atoms with Gasteiger partial charge in [-0.1, -0.05) is 54.1 Å². The maximum atomic E-state index is 13.7. The minimum atomic E-state index is -3.85. The predicted molar refractivity (Wildman–Crippen MR) is 130 cm³/mol. The van der Waals surface area contributed by atoms with E-state index in [1.54, 1.807) is 24.3 Å². The van der Waals surface area contributed by atoms with Crippen LogP contribution >= 0.6 is 0 Å². The number of aryl methyl sites for hydroxylation is 2. The Morgan fingerprint density at radius 2 is 1.58 bits per heavy atom. The molecule has 0 saturated heterocycles. The summed E-state index contributed by atoms with van der Waals surface area (Å²) in [5.74, 6) is -0.279. The molecule has 2 aliphatic rings. The van der Waals surface area contributed by atoms with Crippen LogP contribution in [0.5, 0.6) is 0 Å². The zero-order chi connectivity index (χ0) is 23.0. The smallest absolute Gasteiger partial charge is 0.244 e. The first kappa shape index (κ1) is 21.9. The van der Waals surface area contributed by atoms with E-state index in [0.29, 0.717) is 6.42 Å². The highest BCUT2D eigenvalue weighted by atomic mass is 32.2. The molecule has 3 aromatic rings. The lowest BCUT2D eigenvalue weighted by Crippen LogP contribution is -2.50. The van der Waals surface area contributed by atoms with Gasteiger partial charge in [-0.25, -0.2) is 8.42 Å². The fourth-order valence-corrected chi connectivity index (χ4v) is 6.50. The van der Waals surface area contributed by atoms with Gasteiger partial charge in [-0.05, 0) is 79.5 Å². The number of nitrogens with zero attached hydrogens (tertiary/aromatic N) is 1. The maximum Gasteiger partial charge on any atom is 0.244 e. The van der Waals surface area contributed by atoms with Gasteiger partial charge in [0.05, 0.1) is 4.90 Å². The van der Waals surface area contributed by atoms with Crippen LogP contribution in [-0.2, 0) is 40.6 Å². The van der Waals surface area contributed by atoms with E-state index in [4.69, 9.17) is 0 Å². The first-order valence-corrected chi connectivity index (χ1v) is 12.9. The van der Waals surface area contributed by atoms with Crippen LogP contribution in [-0.4, -0.2) is 24.7 Å². The van der Waals surface area contributed by atoms with Gasteiger partial charge < -0.3 is 5.32 Å². The molecule has 1 atom stereocenters. The zero-order valence-electron chi connectivity index (χ0n) is 18.8. The number of fused-ring (bicyclic) bond motifs is 2. The summed E-state index contributed by atoms with van der Waals surface area (Å²) in [5.41, 5.74) is 6.21. The Balaban J connectivity index is 1.51. The fourth-order valence-electron chi connectivity index (χ4n) is 4.94. The molecule has 1 amide bonds. The Bertz CT molecular complexity index is 1300. The first-order valence-electron chi connectivity index (χ1n) is 11.5. The van der Waals surface area contributed by atoms with Crippen LogP contribution in [0.4, 0.5) is 5.69 Å². The molecular weight excluding hydrogens is 432 g/mol. The van der Waals surface area contributed by atoms with Crippen LogP contribution in [0.1, 0.15) is 40.7 Å². The Hall–Kier alpha value is -2.96. The molecule has 3 aromatic carbocycles. The van der Waals surface area contributed by atoms with Gasteiger partial charge >= 0.3 is 0 Å². The third-order valence-electron chi connectivity index (χ3n) is 6.79. The third kappa shape index (κ3) is 4.21. The largest absolute Gasteiger partial charge is 0.324 e. The standard InChI is InChI=1S/C27H28N2O3S/c1-19-13-15-23(16-14-19)33(31,32)29-18-22-9-3-2-8-21(22)17-26(29)27(30)28-25-12-6-10-20-7-4-5-11-24(20)25/h2-3,6,8-10,12-16,26H,4-5,7,11,17-18H2,1H3,(H,28,30)/t26-/m1/s1. The van der Waals surface area contributed by atoms with Gasteiger partial charge in [0.25, 0.3) is 0 Å². The number of amides is 1. The molecule has 5 nitrogen and oxygen atoms in total. The van der Waals surface area contributed by atoms with Gasteiger partial charge in [-0.2, -0.15) is 4.31 Å². The second-order valence-corrected chi connectivity index (χ2v) is 10.9. The molecule has 170 valence electrons. The van der Waals surface area contributed by atoms with Crippen molar-refractivity contribution >= 4 is 21.6 Å². The summed E-state index contributed by atoms with van der Waals surface area (Å²) in [4.78, 5) is 13.8. The number of rotatable bonds is 4. The van der Waals surface area contributed by atoms with Gasteiger partial charge in [-0.15, -0.1) is 0 Å². The lowest BCUT2D eigenvalue weighted by atomic mass is 9.90. The monoisotopic (exact) mass is 460 g/mol. The van der Waals surface area contributed by atoms with E-state index in [1.165, 1.54) is 15.4 Å². The molecule has 5 rings (SSSR count). The molecule has 6 heteroatoms. The molecule has 0 bridgehead atoms. The van der Waals surface area contributed by atoms with E-state index in [0.717, 1.165) is 48.1 Å². The molecule has 0 saturated carbocycles. The highest BCUT2D eigenvalue weighted by molar-refractivity contribution is 7.89. The Kier molecular flexibility index (Phi) is 5.81. The Morgan fingerprint density at radius 1 is 0.879 bits per heavy atom. The first-order chi connectivity index (χ1) is 15.9. The second kappa shape index (κ2) is 8.76. The van der Waals surface area contributed by atoms with Crippen LogP contribution < -0.4 is 5.32 Å². The van der Waals surface area contributed by atoms with E-state index in [1.807, 2.05) is 43.3 Å². The summed E-state index contributed by atoms with van der Waals surface area (Å²) in [7, 11) is -3.85. The minimum Gasteiger partial charge on any atom is -0.324 e. The highest BCUT2D eigenvalue weighted by Crippen LogP contribution is 2.32. The number of carbonyl (C=O) groups excluding carboxylic acids is 1. The van der Waals surface area contributed by atoms with E-state index >= 15 is 0 Å². The number of sulfonamides is 1. The molecule has 1 N–H and O–H groups in total. The average molecular weight is 461 g/mol. The van der Waals surface area contributed by atoms with Crippen molar-refractivity contribution in [2.24, 2.45) is 0 Å². The topological polar surface area (TPSA) is 66.5 Å². The number of nitrogens with one attached hydrogen (secondary N) is 1. The normalized spacial score (nSPS) is 18.3. The Labute approximate surface area is 195 Å². The van der Waals surface area contributed by atoms with Crippen molar-refractivity contribution in [1.82, 2.24) is 4.31 Å². The summed E-state index contributed by atoms with van der Waals surface area (Å²) in [6.45, 7) is 2.10. The lowest BCUT2D eigenvalue weighted by molar-refractivity contribution is -0.120. The molecule has 1 aliphatic heterocycles. The quantitative estimate of drug-likeness (QED) is 0.617. The number of hydrogen-bond donors (Lipinski definition) is 1. The molecule has 0 spiro atoms. The maximum absolute atomic E-state index is 13.7. The van der Waals surface area contributed by atoms with E-state index in [2.05, 4.69) is 11.4 Å². The van der Waals surface area contributed by atoms with Crippen molar-refractivity contribution in [3.63, 3.8) is 0 Å². The van der Waals surface area contributed by atoms with Crippen molar-refractivity contribution in [3.8, 4) is 0 Å². The highest BCUT2D eigenvalue weighted by Gasteiger charge is 2.39. The van der Waals surface area contributed by atoms with Crippen molar-refractivity contribution in [2.75, 3.05) is 5.32 Å². The van der Waals surface area contributed by atoms with Crippen LogP contribution in [0.25, 0.3) is 0 Å². The summed E-state index contributed by atoms with van der Waals surface area (Å²) < 4.78 is 28.7. The molecule has 1 aliphatic carbocycles. The molecule has 0 radical (unpaired) electrons. The minimum absolute atomic E-state index is 0.178. The van der Waals surface area contributed by atoms with E-state index in [9.17, 15) is 13.2 Å². The van der Waals surface area contributed by atoms with Crippen LogP contribution in [0.15, 0.2) is 71.6 Å². The predicted octanol–water partition coefficient (Wildman–Crippen LogP) is 4.63. The second-order valence-electron chi connectivity index (χ2n) is 8.99. The summed E-state index contributed by atoms with van der Waals surface area (Å²) >= 11 is 0. The van der Waals surface area contributed by atoms with Gasteiger partial charge in [0.2, 0.25) is 15.9 Å². The van der Waals surface area contributed by atoms with Gasteiger partial charge in [0.15, 0.2) is 0 Å². The Morgan fingerprint density at radius 3 is 2.36 bits per heavy atom. The molecule has 33 heavy (non-hydrogen) atoms. The zero-order valence-corrected chi connectivity index (χ0v) is 19.6. The summed E-state index contributed by atoms with van der Waals surface area (Å²) in [6.07, 6.45) is 4.56. The summed E-state index contributed by atoms with van der Waals surface area (Å²) in [6, 6.07) is 19.8. The molecular formula is C27H28N2O3S. The van der Waals surface area contributed by atoms with Crippen molar-refractivity contribution < 1.29 is 13.2 Å². The van der Waals surface area contributed by atoms with Crippen LogP contribution in [0.2, 0.25) is 0 Å². The number of anilines is 1. The number of benzene rings is 3. The molecule has 0 unspecified atom stereocenters. The number of carbonyl (C=O) groups is 1. The third-order valence-corrected chi connectivity index (χ3v) is 8.66. The molecule has 0 fully saturated rings. The number of hydrogen-bond acceptors (Lipinski definition) is 3. The van der Waals surface area contributed by atoms with Crippen molar-refractivity contribution in [2.45, 2.75) is 56.5 Å². The average Bonchev–Trinajstić information content (AvgIpc) is 2.83. The molecule has 0 aromatic heterocycles. The van der Waals surface area contributed by atoms with Crippen molar-refractivity contribution in [3.05, 3.63) is 94.5 Å². The van der Waals surface area contributed by atoms with E-state index < -0.39 is 16.1 Å². The van der Waals surface area contributed by atoms with Gasteiger partial charge in [0, 0.05) is 12.2 Å². The van der Waals surface area contributed by atoms with Gasteiger partial charge in [-0.3, -0.25) is 4.79 Å². The van der Waals surface area contributed by atoms with E-state index in [-0.39, 0.29) is 17.3 Å².